The van der Waals surface area contributed by atoms with Gasteiger partial charge in [-0.1, -0.05) is 148 Å². The fourth-order valence-electron chi connectivity index (χ4n) is 18.5. The summed E-state index contributed by atoms with van der Waals surface area (Å²) in [5, 5.41) is 9.52. The van der Waals surface area contributed by atoms with Gasteiger partial charge < -0.3 is 22.1 Å². The van der Waals surface area contributed by atoms with Gasteiger partial charge >= 0.3 is 0 Å². The number of furan rings is 5. The fraction of sp³-hybridized carbons (Fsp3) is 0.316. The van der Waals surface area contributed by atoms with Gasteiger partial charge in [0.1, 0.15) is 35.2 Å². The fourth-order valence-corrected chi connectivity index (χ4v) is 18.5. The zero-order valence-electron chi connectivity index (χ0n) is 96.2. The second-order valence-corrected chi connectivity index (χ2v) is 35.1. The van der Waals surface area contributed by atoms with Gasteiger partial charge in [-0.15, -0.1) is 0 Å². The molecule has 0 aliphatic heterocycles. The number of fused-ring (bicyclic) bond motifs is 15. The average Bonchev–Trinajstić information content (AvgIpc) is 1.24. The number of hydrogen-bond donors (Lipinski definition) is 0. The number of pyridine rings is 10. The lowest BCUT2D eigenvalue weighted by Crippen LogP contribution is -2.31. The summed E-state index contributed by atoms with van der Waals surface area (Å²) >= 11 is 0. The number of aromatic nitrogens is 10. The Bertz CT molecular complexity index is 8690. The molecule has 0 saturated heterocycles. The van der Waals surface area contributed by atoms with E-state index in [9.17, 15) is 0 Å². The highest BCUT2D eigenvalue weighted by Crippen LogP contribution is 2.45. The molecule has 0 spiro atoms. The Hall–Kier alpha value is -13.4. The molecule has 0 amide bonds. The number of aryl methyl sites for hydroxylation is 17. The lowest BCUT2D eigenvalue weighted by Gasteiger charge is -2.20. The quantitative estimate of drug-likeness (QED) is 0.0963. The summed E-state index contributed by atoms with van der Waals surface area (Å²) in [6.07, 6.45) is 9.38. The zero-order chi connectivity index (χ0) is 108. The van der Waals surface area contributed by atoms with Crippen LogP contribution >= 0.6 is 0 Å². The van der Waals surface area contributed by atoms with Crippen molar-refractivity contribution in [3.05, 3.63) is 297 Å². The van der Waals surface area contributed by atoms with Crippen LogP contribution in [0.3, 0.4) is 0 Å². The second kappa shape index (κ2) is 37.8. The second-order valence-electron chi connectivity index (χ2n) is 35.1. The minimum Gasteiger partial charge on any atom is -0.437 e. The molecule has 2 aliphatic rings. The van der Waals surface area contributed by atoms with Crippen LogP contribution in [-0.2, 0) is 73.8 Å². The number of rotatable bonds is 14. The number of nitrogens with zero attached hydrogens (tertiary/aromatic N) is 10. The van der Waals surface area contributed by atoms with Crippen LogP contribution in [0.2, 0.25) is 0 Å². The molecule has 20 aromatic rings. The first-order chi connectivity index (χ1) is 70.7. The molecule has 15 aromatic heterocycles. The van der Waals surface area contributed by atoms with E-state index in [1.54, 1.807) is 26.0 Å². The molecule has 0 bridgehead atoms. The number of benzene rings is 5. The maximum Gasteiger partial charge on any atom is 0.227 e. The summed E-state index contributed by atoms with van der Waals surface area (Å²) in [6.45, 7) is 16.2. The van der Waals surface area contributed by atoms with E-state index in [0.717, 1.165) is 208 Å². The third kappa shape index (κ3) is 17.2. The average molecular weight is 1770 g/mol. The van der Waals surface area contributed by atoms with Crippen molar-refractivity contribution >= 4 is 110 Å². The summed E-state index contributed by atoms with van der Waals surface area (Å²) in [7, 11) is 9.85. The molecular formula is C117H125N10O5+5. The molecule has 0 radical (unpaired) electrons. The Morgan fingerprint density at radius 3 is 0.939 bits per heavy atom. The predicted molar refractivity (Wildman–Crippen MR) is 536 cm³/mol. The van der Waals surface area contributed by atoms with Crippen LogP contribution < -0.4 is 22.8 Å². The van der Waals surface area contributed by atoms with Gasteiger partial charge in [0.2, 0.25) is 57.0 Å². The minimum atomic E-state index is -2.12. The Kier molecular flexibility index (Phi) is 19.9. The van der Waals surface area contributed by atoms with E-state index in [-0.39, 0.29) is 37.8 Å². The van der Waals surface area contributed by atoms with Gasteiger partial charge in [-0.25, -0.2) is 47.8 Å². The van der Waals surface area contributed by atoms with Gasteiger partial charge in [0.25, 0.3) is 0 Å². The first kappa shape index (κ1) is 69.5. The van der Waals surface area contributed by atoms with Gasteiger partial charge in [-0.3, -0.25) is 0 Å². The Labute approximate surface area is 800 Å². The molecule has 1 atom stereocenters. The van der Waals surface area contributed by atoms with Crippen molar-refractivity contribution < 1.29 is 69.6 Å². The topological polar surface area (TPSA) is 150 Å². The SMILES string of the molecule is [2H]C([2H])([2H])Cc1ccc(-c2c(C)ccc3c2oc2nc(C([2H])(C)C)ccc23)[n+](C)c1.[2H]C([2H])([2H])Cc1ccc(-c2c(C)ccc3c2oc2nc(C)ccc23)[n+](C)c1.[2H]C([2H])([2H])Cc1ccc(-c2c(C)ccc3c2oc2nc(CC)ccc23)[n+](C)c1.[2H]C1([2H])CCCC([2H])([2H])C1([2H])c1ccc2c(n1)oc1c(-c3ccc(CC)c[n+]3C)c(C)ccc12.[2H]C1([2H])CCCC1([2H])c1ccc2c(n1)oc1c(-c3ccc(CC)c[n+]3C)c(C)ccc12. The van der Waals surface area contributed by atoms with Crippen LogP contribution in [0.15, 0.2) is 235 Å². The third-order valence-corrected chi connectivity index (χ3v) is 25.8. The molecular weight excluding hydrogens is 1630 g/mol. The highest BCUT2D eigenvalue weighted by atomic mass is 16.4. The molecule has 2 fully saturated rings. The van der Waals surface area contributed by atoms with Crippen LogP contribution in [0.4, 0.5) is 0 Å². The normalized spacial score (nSPS) is 17.9. The van der Waals surface area contributed by atoms with Crippen LogP contribution in [0.25, 0.3) is 167 Å². The van der Waals surface area contributed by atoms with E-state index in [4.69, 9.17) is 46.8 Å². The molecule has 15 heteroatoms. The van der Waals surface area contributed by atoms with Crippen LogP contribution in [0, 0.1) is 41.5 Å². The summed E-state index contributed by atoms with van der Waals surface area (Å²) in [5.74, 6) is -4.26. The van der Waals surface area contributed by atoms with E-state index < -0.39 is 57.4 Å². The van der Waals surface area contributed by atoms with E-state index in [0.29, 0.717) is 71.2 Å². The van der Waals surface area contributed by atoms with E-state index in [2.05, 4.69) is 174 Å². The summed E-state index contributed by atoms with van der Waals surface area (Å²) < 4.78 is 185. The molecule has 132 heavy (non-hydrogen) atoms. The standard InChI is InChI=1S/C26H29N2O.C25H27N2O.C23H25N2O.C22H23N2O.C21H21N2O/c1-4-18-11-15-23(28(3)16-18)24-17(2)10-12-20-21-13-14-22(19-8-6-5-7-9-19)27-26(21)29-25(20)24;1-4-17-10-14-22(27(3)15-17)23-16(2)9-11-19-20-12-13-21(18-7-5-6-8-18)26-25(20)28-24(19)23;1-6-16-8-12-20(25(5)13-16)21-15(4)7-9-17-18-10-11-19(14(2)3)24-23(18)26-22(17)21;1-5-15-8-12-19(24(4)13-15)20-14(3)7-10-17-18-11-9-16(6-2)23-22(18)25-21(17)20;1-5-15-8-11-18(23(4)12-15)19-13(2)6-9-16-17-10-7-14(3)22-21(17)24-20(16)19/h10-16,19H,4-9H2,1-3H3;9-15,18H,4-8H2,1-3H3;7-14H,6H2,1-5H3;7-13H,5-6H2,1-4H3;6-12H,5H2,1-4H3/q5*+1/i8D2,9D2,19D;7D2,18D;1D3,14D;2*1D3. The van der Waals surface area contributed by atoms with Crippen molar-refractivity contribution in [1.29, 1.82) is 0 Å². The molecule has 2 aliphatic carbocycles. The molecule has 0 N–H and O–H groups in total. The molecule has 668 valence electrons. The maximum atomic E-state index is 9.00. The van der Waals surface area contributed by atoms with Gasteiger partial charge in [-0.2, -0.15) is 0 Å². The predicted octanol–water partition coefficient (Wildman–Crippen LogP) is 27.4. The van der Waals surface area contributed by atoms with Gasteiger partial charge in [0.15, 0.2) is 58.9 Å². The van der Waals surface area contributed by atoms with Gasteiger partial charge in [0.05, 0.1) is 27.8 Å². The van der Waals surface area contributed by atoms with Gasteiger partial charge in [-0.05, 0) is 230 Å². The van der Waals surface area contributed by atoms with Crippen molar-refractivity contribution in [3.8, 4) is 56.3 Å². The van der Waals surface area contributed by atoms with Crippen LogP contribution in [-0.4, -0.2) is 24.9 Å². The highest BCUT2D eigenvalue weighted by Gasteiger charge is 2.30. The first-order valence-corrected chi connectivity index (χ1v) is 45.7. The molecule has 15 heterocycles. The molecule has 22 rings (SSSR count). The molecule has 1 unspecified atom stereocenters. The Balaban J connectivity index is 0.000000123. The van der Waals surface area contributed by atoms with E-state index in [1.165, 1.54) is 11.1 Å². The summed E-state index contributed by atoms with van der Waals surface area (Å²) in [5.41, 5.74) is 29.8. The Morgan fingerprint density at radius 1 is 0.318 bits per heavy atom. The van der Waals surface area contributed by atoms with Crippen LogP contribution in [0.1, 0.15) is 239 Å². The largest absolute Gasteiger partial charge is 0.437 e. The van der Waals surface area contributed by atoms with Crippen molar-refractivity contribution in [2.24, 2.45) is 35.2 Å². The lowest BCUT2D eigenvalue weighted by molar-refractivity contribution is -0.660. The van der Waals surface area contributed by atoms with Crippen molar-refractivity contribution in [1.82, 2.24) is 24.9 Å². The molecule has 5 aromatic carbocycles. The van der Waals surface area contributed by atoms with Crippen molar-refractivity contribution in [2.75, 3.05) is 0 Å². The first-order valence-electron chi connectivity index (χ1n) is 54.7. The van der Waals surface area contributed by atoms with Crippen molar-refractivity contribution in [2.45, 2.75) is 211 Å². The molecule has 2 saturated carbocycles. The lowest BCUT2D eigenvalue weighted by atomic mass is 9.86. The monoisotopic (exact) mass is 1770 g/mol. The zero-order valence-corrected chi connectivity index (χ0v) is 78.2. The Morgan fingerprint density at radius 2 is 0.614 bits per heavy atom. The number of hydrogen-bond acceptors (Lipinski definition) is 10. The van der Waals surface area contributed by atoms with Crippen molar-refractivity contribution in [3.63, 3.8) is 0 Å². The summed E-state index contributed by atoms with van der Waals surface area (Å²) in [4.78, 5) is 23.0. The third-order valence-electron chi connectivity index (χ3n) is 25.8. The smallest absolute Gasteiger partial charge is 0.227 e. The van der Waals surface area contributed by atoms with Gasteiger partial charge in [0, 0.05) is 177 Å². The highest BCUT2D eigenvalue weighted by molar-refractivity contribution is 6.13. The van der Waals surface area contributed by atoms with E-state index in [1.807, 2.05) is 172 Å². The van der Waals surface area contributed by atoms with Crippen LogP contribution in [0.5, 0.6) is 0 Å². The minimum absolute atomic E-state index is 0.0323. The maximum absolute atomic E-state index is 9.00. The van der Waals surface area contributed by atoms with E-state index >= 15 is 0 Å². The summed E-state index contributed by atoms with van der Waals surface area (Å²) in [6, 6.07) is 59.8. The molecule has 15 nitrogen and oxygen atoms in total.